The number of fused-ring (bicyclic) bond motifs is 1. The van der Waals surface area contributed by atoms with Gasteiger partial charge in [0.05, 0.1) is 18.7 Å². The first-order valence-electron chi connectivity index (χ1n) is 5.16. The van der Waals surface area contributed by atoms with Crippen LogP contribution in [0, 0.1) is 6.92 Å². The van der Waals surface area contributed by atoms with E-state index < -0.39 is 6.10 Å². The predicted octanol–water partition coefficient (Wildman–Crippen LogP) is 2.50. The van der Waals surface area contributed by atoms with E-state index in [4.69, 9.17) is 4.74 Å². The third-order valence-electron chi connectivity index (χ3n) is 2.61. The summed E-state index contributed by atoms with van der Waals surface area (Å²) in [5.74, 6) is 0.762. The molecule has 1 radical (unpaired) electrons. The van der Waals surface area contributed by atoms with Crippen molar-refractivity contribution in [2.24, 2.45) is 0 Å². The van der Waals surface area contributed by atoms with Gasteiger partial charge in [0.2, 0.25) is 0 Å². The van der Waals surface area contributed by atoms with E-state index >= 15 is 0 Å². The van der Waals surface area contributed by atoms with Crippen LogP contribution in [0.5, 0.6) is 5.75 Å². The zero-order chi connectivity index (χ0) is 11.5. The minimum atomic E-state index is -0.558. The number of aliphatic hydroxyl groups is 1. The molecular weight excluding hydrogens is 202 g/mol. The van der Waals surface area contributed by atoms with E-state index in [0.717, 1.165) is 22.2 Å². The standard InChI is InChI=1S/C13H14NO2/c1-3-13(15)10-6-7-14-12-5-4-9(16-2)8-11(10)12/h4-8,13,15H,1,3H2,2H3/t13-/m0/s1. The number of ether oxygens (including phenoxy) is 1. The first-order chi connectivity index (χ1) is 7.76. The maximum atomic E-state index is 9.86. The smallest absolute Gasteiger partial charge is 0.119 e. The number of hydrogen-bond donors (Lipinski definition) is 1. The maximum absolute atomic E-state index is 9.86. The molecule has 0 bridgehead atoms. The van der Waals surface area contributed by atoms with Crippen LogP contribution >= 0.6 is 0 Å². The lowest BCUT2D eigenvalue weighted by atomic mass is 10.0. The molecule has 83 valence electrons. The van der Waals surface area contributed by atoms with Gasteiger partial charge in [-0.25, -0.2) is 0 Å². The van der Waals surface area contributed by atoms with Gasteiger partial charge in [0, 0.05) is 11.6 Å². The molecule has 3 nitrogen and oxygen atoms in total. The molecule has 0 amide bonds. The monoisotopic (exact) mass is 216 g/mol. The molecule has 0 unspecified atom stereocenters. The second-order valence-corrected chi connectivity index (χ2v) is 3.59. The van der Waals surface area contributed by atoms with Gasteiger partial charge in [-0.2, -0.15) is 0 Å². The summed E-state index contributed by atoms with van der Waals surface area (Å²) in [4.78, 5) is 4.25. The minimum absolute atomic E-state index is 0.441. The lowest BCUT2D eigenvalue weighted by molar-refractivity contribution is 0.182. The Kier molecular flexibility index (Phi) is 3.06. The quantitative estimate of drug-likeness (QED) is 0.857. The Labute approximate surface area is 94.7 Å². The van der Waals surface area contributed by atoms with Crippen molar-refractivity contribution in [1.82, 2.24) is 4.98 Å². The largest absolute Gasteiger partial charge is 0.497 e. The lowest BCUT2D eigenvalue weighted by Gasteiger charge is -2.11. The highest BCUT2D eigenvalue weighted by Gasteiger charge is 2.10. The summed E-state index contributed by atoms with van der Waals surface area (Å²) >= 11 is 0. The zero-order valence-electron chi connectivity index (χ0n) is 9.18. The molecule has 1 atom stereocenters. The van der Waals surface area contributed by atoms with Crippen LogP contribution in [-0.2, 0) is 0 Å². The van der Waals surface area contributed by atoms with Crippen LogP contribution < -0.4 is 4.74 Å². The number of hydrogen-bond acceptors (Lipinski definition) is 3. The van der Waals surface area contributed by atoms with Crippen LogP contribution in [0.4, 0.5) is 0 Å². The number of benzene rings is 1. The Bertz CT molecular complexity index is 496. The number of nitrogens with zero attached hydrogens (tertiary/aromatic N) is 1. The lowest BCUT2D eigenvalue weighted by Crippen LogP contribution is -1.97. The molecule has 0 spiro atoms. The van der Waals surface area contributed by atoms with E-state index in [1.54, 1.807) is 13.3 Å². The van der Waals surface area contributed by atoms with E-state index in [2.05, 4.69) is 11.9 Å². The topological polar surface area (TPSA) is 42.4 Å². The normalized spacial score (nSPS) is 12.7. The highest BCUT2D eigenvalue weighted by atomic mass is 16.5. The van der Waals surface area contributed by atoms with Gasteiger partial charge in [0.25, 0.3) is 0 Å². The van der Waals surface area contributed by atoms with Crippen LogP contribution in [0.1, 0.15) is 18.1 Å². The average molecular weight is 216 g/mol. The molecule has 0 saturated heterocycles. The highest BCUT2D eigenvalue weighted by molar-refractivity contribution is 5.83. The predicted molar refractivity (Wildman–Crippen MR) is 63.2 cm³/mol. The highest BCUT2D eigenvalue weighted by Crippen LogP contribution is 2.27. The van der Waals surface area contributed by atoms with E-state index in [9.17, 15) is 5.11 Å². The summed E-state index contributed by atoms with van der Waals surface area (Å²) in [6.07, 6.45) is 1.58. The Balaban J connectivity index is 2.64. The van der Waals surface area contributed by atoms with Gasteiger partial charge in [-0.1, -0.05) is 6.92 Å². The second kappa shape index (κ2) is 4.49. The fourth-order valence-corrected chi connectivity index (χ4v) is 1.72. The van der Waals surface area contributed by atoms with Gasteiger partial charge < -0.3 is 9.84 Å². The van der Waals surface area contributed by atoms with Gasteiger partial charge in [-0.3, -0.25) is 4.98 Å². The van der Waals surface area contributed by atoms with Gasteiger partial charge in [0.15, 0.2) is 0 Å². The number of aliphatic hydroxyl groups excluding tert-OH is 1. The van der Waals surface area contributed by atoms with Crippen molar-refractivity contribution in [3.8, 4) is 5.75 Å². The van der Waals surface area contributed by atoms with Gasteiger partial charge in [-0.15, -0.1) is 0 Å². The van der Waals surface area contributed by atoms with Crippen molar-refractivity contribution < 1.29 is 9.84 Å². The van der Waals surface area contributed by atoms with Crippen molar-refractivity contribution in [3.05, 3.63) is 42.9 Å². The molecule has 0 saturated carbocycles. The Morgan fingerprint density at radius 2 is 2.25 bits per heavy atom. The first kappa shape index (κ1) is 10.9. The van der Waals surface area contributed by atoms with Crippen molar-refractivity contribution in [3.63, 3.8) is 0 Å². The number of aromatic nitrogens is 1. The molecule has 0 fully saturated rings. The molecule has 3 heteroatoms. The molecule has 16 heavy (non-hydrogen) atoms. The fraction of sp³-hybridized carbons (Fsp3) is 0.231. The molecule has 1 aromatic carbocycles. The van der Waals surface area contributed by atoms with Gasteiger partial charge in [0.1, 0.15) is 5.75 Å². The molecule has 0 aliphatic heterocycles. The van der Waals surface area contributed by atoms with E-state index in [0.29, 0.717) is 6.42 Å². The molecular formula is C13H14NO2. The number of pyridine rings is 1. The maximum Gasteiger partial charge on any atom is 0.119 e. The zero-order valence-corrected chi connectivity index (χ0v) is 9.18. The van der Waals surface area contributed by atoms with Crippen molar-refractivity contribution >= 4 is 10.9 Å². The van der Waals surface area contributed by atoms with Crippen molar-refractivity contribution in [2.45, 2.75) is 12.5 Å². The van der Waals surface area contributed by atoms with Crippen LogP contribution in [0.15, 0.2) is 30.5 Å². The second-order valence-electron chi connectivity index (χ2n) is 3.59. The molecule has 0 aliphatic carbocycles. The third-order valence-corrected chi connectivity index (χ3v) is 2.61. The molecule has 2 rings (SSSR count). The Morgan fingerprint density at radius 1 is 1.44 bits per heavy atom. The van der Waals surface area contributed by atoms with Gasteiger partial charge in [-0.05, 0) is 36.2 Å². The van der Waals surface area contributed by atoms with Crippen LogP contribution in [0.3, 0.4) is 0 Å². The summed E-state index contributed by atoms with van der Waals surface area (Å²) in [6.45, 7) is 3.71. The molecule has 1 heterocycles. The van der Waals surface area contributed by atoms with Crippen LogP contribution in [0.25, 0.3) is 10.9 Å². The molecule has 1 aromatic heterocycles. The van der Waals surface area contributed by atoms with Crippen molar-refractivity contribution in [2.75, 3.05) is 7.11 Å². The average Bonchev–Trinajstić information content (AvgIpc) is 2.36. The SMILES string of the molecule is [CH2]C[C@H](O)c1ccnc2ccc(OC)cc12. The molecule has 1 N–H and O–H groups in total. The van der Waals surface area contributed by atoms with E-state index in [-0.39, 0.29) is 0 Å². The number of methoxy groups -OCH3 is 1. The van der Waals surface area contributed by atoms with Crippen molar-refractivity contribution in [1.29, 1.82) is 0 Å². The minimum Gasteiger partial charge on any atom is -0.497 e. The third kappa shape index (κ3) is 1.86. The summed E-state index contributed by atoms with van der Waals surface area (Å²) in [6, 6.07) is 7.44. The van der Waals surface area contributed by atoms with Crippen LogP contribution in [0.2, 0.25) is 0 Å². The fourth-order valence-electron chi connectivity index (χ4n) is 1.72. The van der Waals surface area contributed by atoms with E-state index in [1.807, 2.05) is 24.3 Å². The molecule has 2 aromatic rings. The van der Waals surface area contributed by atoms with E-state index in [1.165, 1.54) is 0 Å². The number of rotatable bonds is 3. The Morgan fingerprint density at radius 3 is 2.94 bits per heavy atom. The Hall–Kier alpha value is -1.61. The summed E-state index contributed by atoms with van der Waals surface area (Å²) in [7, 11) is 1.62. The van der Waals surface area contributed by atoms with Crippen LogP contribution in [-0.4, -0.2) is 17.2 Å². The summed E-state index contributed by atoms with van der Waals surface area (Å²) in [5, 5.41) is 10.8. The summed E-state index contributed by atoms with van der Waals surface area (Å²) in [5.41, 5.74) is 1.70. The molecule has 0 aliphatic rings. The first-order valence-corrected chi connectivity index (χ1v) is 5.16. The summed E-state index contributed by atoms with van der Waals surface area (Å²) < 4.78 is 5.17. The van der Waals surface area contributed by atoms with Gasteiger partial charge >= 0.3 is 0 Å².